The summed E-state index contributed by atoms with van der Waals surface area (Å²) in [5.41, 5.74) is 0.727. The lowest BCUT2D eigenvalue weighted by molar-refractivity contribution is -0.137. The molecule has 0 N–H and O–H groups in total. The Morgan fingerprint density at radius 3 is 2.35 bits per heavy atom. The number of amides is 1. The highest BCUT2D eigenvalue weighted by molar-refractivity contribution is 5.78. The number of halogens is 3. The molecular weight excluding hydrogens is 347 g/mol. The summed E-state index contributed by atoms with van der Waals surface area (Å²) in [5, 5.41) is 0. The molecule has 0 saturated heterocycles. The van der Waals surface area contributed by atoms with Gasteiger partial charge in [0.2, 0.25) is 12.7 Å². The van der Waals surface area contributed by atoms with Gasteiger partial charge in [0.05, 0.1) is 12.0 Å². The van der Waals surface area contributed by atoms with Crippen LogP contribution >= 0.6 is 0 Å². The van der Waals surface area contributed by atoms with Crippen LogP contribution in [0.3, 0.4) is 0 Å². The number of likely N-dealkylation sites (N-methyl/N-ethyl adjacent to an activating group) is 1. The number of hydrogen-bond acceptors (Lipinski definition) is 3. The highest BCUT2D eigenvalue weighted by Gasteiger charge is 2.30. The summed E-state index contributed by atoms with van der Waals surface area (Å²) < 4.78 is 48.4. The molecule has 0 atom stereocenters. The van der Waals surface area contributed by atoms with E-state index in [1.54, 1.807) is 11.0 Å². The minimum absolute atomic E-state index is 0.0521. The zero-order chi connectivity index (χ0) is 18.7. The molecule has 4 nitrogen and oxygen atoms in total. The van der Waals surface area contributed by atoms with E-state index in [-0.39, 0.29) is 19.1 Å². The van der Waals surface area contributed by atoms with Crippen molar-refractivity contribution >= 4 is 5.91 Å². The van der Waals surface area contributed by atoms with Crippen molar-refractivity contribution < 1.29 is 27.4 Å². The van der Waals surface area contributed by atoms with E-state index in [0.29, 0.717) is 30.2 Å². The largest absolute Gasteiger partial charge is 0.454 e. The topological polar surface area (TPSA) is 38.8 Å². The van der Waals surface area contributed by atoms with E-state index in [4.69, 9.17) is 9.47 Å². The average Bonchev–Trinajstić information content (AvgIpc) is 3.07. The predicted octanol–water partition coefficient (Wildman–Crippen LogP) is 4.03. The molecule has 2 aromatic rings. The maximum atomic E-state index is 12.6. The molecule has 0 radical (unpaired) electrons. The smallest absolute Gasteiger partial charge is 0.416 e. The first-order valence-electron chi connectivity index (χ1n) is 8.19. The zero-order valence-electron chi connectivity index (χ0n) is 14.2. The van der Waals surface area contributed by atoms with Gasteiger partial charge in [-0.25, -0.2) is 0 Å². The minimum Gasteiger partial charge on any atom is -0.454 e. The lowest BCUT2D eigenvalue weighted by Gasteiger charge is -2.21. The first-order chi connectivity index (χ1) is 12.4. The molecule has 0 fully saturated rings. The third kappa shape index (κ3) is 4.09. The van der Waals surface area contributed by atoms with Crippen molar-refractivity contribution in [3.05, 3.63) is 59.2 Å². The Balaban J connectivity index is 1.65. The third-order valence-corrected chi connectivity index (χ3v) is 4.18. The number of fused-ring (bicyclic) bond motifs is 1. The van der Waals surface area contributed by atoms with Gasteiger partial charge in [-0.15, -0.1) is 0 Å². The Labute approximate surface area is 149 Å². The second-order valence-corrected chi connectivity index (χ2v) is 5.97. The fourth-order valence-electron chi connectivity index (χ4n) is 2.73. The van der Waals surface area contributed by atoms with Crippen LogP contribution in [0.15, 0.2) is 42.5 Å². The first kappa shape index (κ1) is 18.1. The fraction of sp³-hybridized carbons (Fsp3) is 0.316. The number of nitrogens with zero attached hydrogens (tertiary/aromatic N) is 1. The Morgan fingerprint density at radius 2 is 1.69 bits per heavy atom. The number of rotatable bonds is 5. The molecule has 0 bridgehead atoms. The Kier molecular flexibility index (Phi) is 5.06. The fourth-order valence-corrected chi connectivity index (χ4v) is 2.73. The number of carbonyl (C=O) groups excluding carboxylic acids is 1. The lowest BCUT2D eigenvalue weighted by atomic mass is 10.1. The van der Waals surface area contributed by atoms with Gasteiger partial charge in [0.1, 0.15) is 0 Å². The number of ether oxygens (including phenoxy) is 2. The summed E-state index contributed by atoms with van der Waals surface area (Å²) in [4.78, 5) is 14.2. The van der Waals surface area contributed by atoms with E-state index in [1.165, 1.54) is 12.1 Å². The van der Waals surface area contributed by atoms with Crippen molar-refractivity contribution in [3.63, 3.8) is 0 Å². The van der Waals surface area contributed by atoms with Crippen LogP contribution in [-0.2, 0) is 23.9 Å². The number of carbonyl (C=O) groups is 1. The summed E-state index contributed by atoms with van der Waals surface area (Å²) in [7, 11) is 0. The molecule has 1 aliphatic heterocycles. The van der Waals surface area contributed by atoms with Gasteiger partial charge < -0.3 is 14.4 Å². The Hall–Kier alpha value is -2.70. The van der Waals surface area contributed by atoms with Crippen molar-refractivity contribution in [2.45, 2.75) is 26.1 Å². The van der Waals surface area contributed by atoms with Crippen molar-refractivity contribution in [1.82, 2.24) is 4.90 Å². The van der Waals surface area contributed by atoms with Crippen LogP contribution in [0.5, 0.6) is 11.5 Å². The average molecular weight is 365 g/mol. The SMILES string of the molecule is CCN(Cc1ccc2c(c1)OCO2)C(=O)Cc1ccc(C(F)(F)F)cc1. The van der Waals surface area contributed by atoms with E-state index in [2.05, 4.69) is 0 Å². The number of benzene rings is 2. The maximum Gasteiger partial charge on any atom is 0.416 e. The molecule has 7 heteroatoms. The quantitative estimate of drug-likeness (QED) is 0.803. The first-order valence-corrected chi connectivity index (χ1v) is 8.19. The maximum absolute atomic E-state index is 12.6. The molecule has 138 valence electrons. The van der Waals surface area contributed by atoms with Gasteiger partial charge in [-0.05, 0) is 42.3 Å². The highest BCUT2D eigenvalue weighted by atomic mass is 19.4. The second-order valence-electron chi connectivity index (χ2n) is 5.97. The molecule has 2 aromatic carbocycles. The highest BCUT2D eigenvalue weighted by Crippen LogP contribution is 2.33. The second kappa shape index (κ2) is 7.27. The molecule has 1 amide bonds. The normalized spacial score (nSPS) is 12.9. The summed E-state index contributed by atoms with van der Waals surface area (Å²) in [6.07, 6.45) is -4.33. The van der Waals surface area contributed by atoms with Crippen LogP contribution in [0, 0.1) is 0 Å². The molecule has 3 rings (SSSR count). The lowest BCUT2D eigenvalue weighted by Crippen LogP contribution is -2.31. The van der Waals surface area contributed by atoms with Crippen molar-refractivity contribution in [3.8, 4) is 11.5 Å². The van der Waals surface area contributed by atoms with Crippen molar-refractivity contribution in [2.75, 3.05) is 13.3 Å². The molecule has 0 aliphatic carbocycles. The van der Waals surface area contributed by atoms with E-state index in [1.807, 2.05) is 19.1 Å². The van der Waals surface area contributed by atoms with Gasteiger partial charge in [-0.3, -0.25) is 4.79 Å². The van der Waals surface area contributed by atoms with Gasteiger partial charge in [-0.1, -0.05) is 18.2 Å². The predicted molar refractivity (Wildman–Crippen MR) is 88.8 cm³/mol. The summed E-state index contributed by atoms with van der Waals surface area (Å²) in [6, 6.07) is 10.2. The van der Waals surface area contributed by atoms with Crippen LogP contribution in [0.2, 0.25) is 0 Å². The van der Waals surface area contributed by atoms with Crippen LogP contribution in [0.4, 0.5) is 13.2 Å². The zero-order valence-corrected chi connectivity index (χ0v) is 14.2. The molecule has 0 saturated carbocycles. The molecule has 0 spiro atoms. The summed E-state index contributed by atoms with van der Waals surface area (Å²) in [5.74, 6) is 1.17. The molecule has 0 aromatic heterocycles. The summed E-state index contributed by atoms with van der Waals surface area (Å²) >= 11 is 0. The van der Waals surface area contributed by atoms with E-state index in [9.17, 15) is 18.0 Å². The van der Waals surface area contributed by atoms with Gasteiger partial charge in [0, 0.05) is 13.1 Å². The van der Waals surface area contributed by atoms with E-state index < -0.39 is 11.7 Å². The molecule has 0 unspecified atom stereocenters. The van der Waals surface area contributed by atoms with Crippen molar-refractivity contribution in [1.29, 1.82) is 0 Å². The van der Waals surface area contributed by atoms with Crippen LogP contribution in [0.1, 0.15) is 23.6 Å². The molecule has 26 heavy (non-hydrogen) atoms. The molecule has 1 heterocycles. The molecular formula is C19H18F3NO3. The van der Waals surface area contributed by atoms with E-state index in [0.717, 1.165) is 17.7 Å². The molecule has 1 aliphatic rings. The number of hydrogen-bond donors (Lipinski definition) is 0. The minimum atomic E-state index is -4.38. The van der Waals surface area contributed by atoms with Crippen LogP contribution in [-0.4, -0.2) is 24.1 Å². The monoisotopic (exact) mass is 365 g/mol. The standard InChI is InChI=1S/C19H18F3NO3/c1-2-23(11-14-5-8-16-17(9-14)26-12-25-16)18(24)10-13-3-6-15(7-4-13)19(20,21)22/h3-9H,2,10-12H2,1H3. The Bertz CT molecular complexity index is 788. The number of alkyl halides is 3. The van der Waals surface area contributed by atoms with Gasteiger partial charge in [-0.2, -0.15) is 13.2 Å². The third-order valence-electron chi connectivity index (χ3n) is 4.18. The summed E-state index contributed by atoms with van der Waals surface area (Å²) in [6.45, 7) is 2.93. The van der Waals surface area contributed by atoms with E-state index >= 15 is 0 Å². The Morgan fingerprint density at radius 1 is 1.04 bits per heavy atom. The van der Waals surface area contributed by atoms with Crippen molar-refractivity contribution in [2.24, 2.45) is 0 Å². The van der Waals surface area contributed by atoms with Crippen LogP contribution < -0.4 is 9.47 Å². The van der Waals surface area contributed by atoms with Gasteiger partial charge >= 0.3 is 6.18 Å². The van der Waals surface area contributed by atoms with Crippen LogP contribution in [0.25, 0.3) is 0 Å². The van der Waals surface area contributed by atoms with Gasteiger partial charge in [0.15, 0.2) is 11.5 Å². The van der Waals surface area contributed by atoms with Gasteiger partial charge in [0.25, 0.3) is 0 Å².